The molecule has 31 heavy (non-hydrogen) atoms. The fourth-order valence-electron chi connectivity index (χ4n) is 4.13. The van der Waals surface area contributed by atoms with Crippen molar-refractivity contribution in [2.24, 2.45) is 0 Å². The van der Waals surface area contributed by atoms with Crippen LogP contribution in [0, 0.1) is 10.1 Å². The van der Waals surface area contributed by atoms with E-state index in [0.29, 0.717) is 28.3 Å². The molecule has 0 aliphatic carbocycles. The summed E-state index contributed by atoms with van der Waals surface area (Å²) in [6.45, 7) is 1.84. The maximum Gasteiger partial charge on any atom is 0.269 e. The van der Waals surface area contributed by atoms with Crippen molar-refractivity contribution in [2.75, 3.05) is 5.32 Å². The van der Waals surface area contributed by atoms with E-state index < -0.39 is 11.0 Å². The van der Waals surface area contributed by atoms with Crippen LogP contribution in [0.2, 0.25) is 0 Å². The maximum absolute atomic E-state index is 13.6. The van der Waals surface area contributed by atoms with Gasteiger partial charge in [-0.3, -0.25) is 19.5 Å². The van der Waals surface area contributed by atoms with E-state index >= 15 is 0 Å². The van der Waals surface area contributed by atoms with Crippen LogP contribution in [0.1, 0.15) is 28.9 Å². The number of fused-ring (bicyclic) bond motifs is 3. The minimum Gasteiger partial charge on any atom is -0.329 e. The fraction of sp³-hybridized carbons (Fsp3) is 0.0833. The summed E-state index contributed by atoms with van der Waals surface area (Å²) in [6, 6.07) is 22.6. The van der Waals surface area contributed by atoms with Crippen molar-refractivity contribution in [3.8, 4) is 0 Å². The lowest BCUT2D eigenvalue weighted by atomic mass is 9.89. The molecule has 1 N–H and O–H groups in total. The number of carbonyl (C=O) groups is 1. The molecule has 1 aliphatic heterocycles. The van der Waals surface area contributed by atoms with E-state index in [9.17, 15) is 14.9 Å². The zero-order valence-electron chi connectivity index (χ0n) is 16.6. The molecule has 0 spiro atoms. The van der Waals surface area contributed by atoms with Crippen LogP contribution >= 0.6 is 0 Å². The van der Waals surface area contributed by atoms with Crippen molar-refractivity contribution in [2.45, 2.75) is 13.0 Å². The van der Waals surface area contributed by atoms with Gasteiger partial charge >= 0.3 is 0 Å². The minimum atomic E-state index is -0.559. The molecule has 0 saturated heterocycles. The van der Waals surface area contributed by atoms with Gasteiger partial charge in [0.05, 0.1) is 22.0 Å². The zero-order chi connectivity index (χ0) is 21.5. The minimum absolute atomic E-state index is 0.0221. The average Bonchev–Trinajstić information content (AvgIpc) is 3.16. The van der Waals surface area contributed by atoms with Crippen LogP contribution in [0.15, 0.2) is 90.1 Å². The van der Waals surface area contributed by atoms with Gasteiger partial charge < -0.3 is 5.32 Å². The number of non-ortho nitro benzene ring substituents is 1. The standard InChI is InChI=1S/C24H18N4O3/c1-15-21(23(29)16-8-3-2-4-9-16)22(17-10-7-11-18(14-17)28(30)31)27-20-13-6-5-12-19(20)26-24(27)25-15/h2-14,22H,1H3,(H,25,26). The Morgan fingerprint density at radius 3 is 2.55 bits per heavy atom. The van der Waals surface area contributed by atoms with Crippen LogP contribution in [0.5, 0.6) is 0 Å². The number of hydrogen-bond acceptors (Lipinski definition) is 5. The number of carbonyl (C=O) groups excluding carboxylic acids is 1. The van der Waals surface area contributed by atoms with Crippen molar-refractivity contribution in [1.82, 2.24) is 9.55 Å². The summed E-state index contributed by atoms with van der Waals surface area (Å²) in [6.07, 6.45) is 0. The average molecular weight is 410 g/mol. The Morgan fingerprint density at radius 1 is 1.03 bits per heavy atom. The number of benzene rings is 3. The first-order valence-corrected chi connectivity index (χ1v) is 9.83. The third-order valence-electron chi connectivity index (χ3n) is 5.51. The summed E-state index contributed by atoms with van der Waals surface area (Å²) in [4.78, 5) is 29.3. The number of nitro groups is 1. The van der Waals surface area contributed by atoms with Gasteiger partial charge in [0.2, 0.25) is 5.95 Å². The number of Topliss-reactive ketones (excluding diaryl/α,β-unsaturated/α-hetero) is 1. The number of nitrogens with zero attached hydrogens (tertiary/aromatic N) is 3. The number of aromatic nitrogens is 2. The Kier molecular flexibility index (Phi) is 4.36. The lowest BCUT2D eigenvalue weighted by Crippen LogP contribution is -2.28. The lowest BCUT2D eigenvalue weighted by molar-refractivity contribution is -0.384. The van der Waals surface area contributed by atoms with E-state index in [0.717, 1.165) is 11.0 Å². The number of para-hydroxylation sites is 2. The molecule has 152 valence electrons. The summed E-state index contributed by atoms with van der Waals surface area (Å²) in [5, 5.41) is 14.7. The number of anilines is 1. The SMILES string of the molecule is CC1=C(C(=O)c2ccccc2)C(c2cccc([N+](=O)[O-])c2)n2c(nc3ccccc32)N1. The highest BCUT2D eigenvalue weighted by molar-refractivity contribution is 6.11. The molecule has 7 heteroatoms. The van der Waals surface area contributed by atoms with Crippen LogP contribution in [0.3, 0.4) is 0 Å². The van der Waals surface area contributed by atoms with E-state index in [-0.39, 0.29) is 11.5 Å². The highest BCUT2D eigenvalue weighted by atomic mass is 16.6. The van der Waals surface area contributed by atoms with Crippen LogP contribution in [0.25, 0.3) is 11.0 Å². The van der Waals surface area contributed by atoms with Crippen LogP contribution in [-0.4, -0.2) is 20.3 Å². The normalized spacial score (nSPS) is 15.5. The van der Waals surface area contributed by atoms with Crippen molar-refractivity contribution < 1.29 is 9.72 Å². The molecule has 0 bridgehead atoms. The zero-order valence-corrected chi connectivity index (χ0v) is 16.6. The van der Waals surface area contributed by atoms with Crippen LogP contribution < -0.4 is 5.32 Å². The monoisotopic (exact) mass is 410 g/mol. The number of imidazole rings is 1. The van der Waals surface area contributed by atoms with E-state index in [4.69, 9.17) is 0 Å². The van der Waals surface area contributed by atoms with Gasteiger partial charge in [-0.2, -0.15) is 0 Å². The fourth-order valence-corrected chi connectivity index (χ4v) is 4.13. The van der Waals surface area contributed by atoms with Gasteiger partial charge in [0, 0.05) is 29.0 Å². The van der Waals surface area contributed by atoms with Gasteiger partial charge in [-0.1, -0.05) is 54.6 Å². The number of hydrogen-bond donors (Lipinski definition) is 1. The van der Waals surface area contributed by atoms with Crippen LogP contribution in [0.4, 0.5) is 11.6 Å². The summed E-state index contributed by atoms with van der Waals surface area (Å²) in [5.74, 6) is 0.463. The first-order chi connectivity index (χ1) is 15.0. The van der Waals surface area contributed by atoms with Gasteiger partial charge in [-0.25, -0.2) is 4.98 Å². The molecule has 1 aromatic heterocycles. The lowest BCUT2D eigenvalue weighted by Gasteiger charge is -2.30. The van der Waals surface area contributed by atoms with E-state index in [1.54, 1.807) is 18.2 Å². The Bertz CT molecular complexity index is 1370. The molecule has 1 unspecified atom stereocenters. The third-order valence-corrected chi connectivity index (χ3v) is 5.51. The summed E-state index contributed by atoms with van der Waals surface area (Å²) in [5.41, 5.74) is 4.01. The summed E-state index contributed by atoms with van der Waals surface area (Å²) < 4.78 is 1.94. The molecule has 5 rings (SSSR count). The van der Waals surface area contributed by atoms with Crippen molar-refractivity contribution >= 4 is 28.5 Å². The summed E-state index contributed by atoms with van der Waals surface area (Å²) in [7, 11) is 0. The predicted molar refractivity (Wildman–Crippen MR) is 118 cm³/mol. The molecule has 3 aromatic carbocycles. The molecule has 0 saturated carbocycles. The first-order valence-electron chi connectivity index (χ1n) is 9.83. The van der Waals surface area contributed by atoms with Crippen molar-refractivity contribution in [1.29, 1.82) is 0 Å². The quantitative estimate of drug-likeness (QED) is 0.287. The molecule has 0 amide bonds. The highest BCUT2D eigenvalue weighted by Gasteiger charge is 2.34. The Hall–Kier alpha value is -4.26. The molecule has 0 radical (unpaired) electrons. The molecule has 4 aromatic rings. The maximum atomic E-state index is 13.6. The van der Waals surface area contributed by atoms with Gasteiger partial charge in [0.15, 0.2) is 5.78 Å². The Balaban J connectivity index is 1.78. The number of allylic oxidation sites excluding steroid dienone is 2. The highest BCUT2D eigenvalue weighted by Crippen LogP contribution is 2.40. The molecule has 2 heterocycles. The third kappa shape index (κ3) is 3.07. The predicted octanol–water partition coefficient (Wildman–Crippen LogP) is 5.12. The number of rotatable bonds is 4. The number of ketones is 1. The number of nitrogens with one attached hydrogen (secondary N) is 1. The smallest absolute Gasteiger partial charge is 0.269 e. The van der Waals surface area contributed by atoms with E-state index in [2.05, 4.69) is 10.3 Å². The van der Waals surface area contributed by atoms with Gasteiger partial charge in [-0.15, -0.1) is 0 Å². The van der Waals surface area contributed by atoms with Crippen molar-refractivity contribution in [3.63, 3.8) is 0 Å². The van der Waals surface area contributed by atoms with Gasteiger partial charge in [0.1, 0.15) is 0 Å². The molecule has 7 nitrogen and oxygen atoms in total. The largest absolute Gasteiger partial charge is 0.329 e. The van der Waals surface area contributed by atoms with Gasteiger partial charge in [0.25, 0.3) is 5.69 Å². The van der Waals surface area contributed by atoms with Gasteiger partial charge in [-0.05, 0) is 24.6 Å². The van der Waals surface area contributed by atoms with Crippen molar-refractivity contribution in [3.05, 3.63) is 111 Å². The topological polar surface area (TPSA) is 90.1 Å². The second-order valence-electron chi connectivity index (χ2n) is 7.41. The number of nitro benzene ring substituents is 1. The molecular weight excluding hydrogens is 392 g/mol. The molecular formula is C24H18N4O3. The Labute approximate surface area is 177 Å². The second-order valence-corrected chi connectivity index (χ2v) is 7.41. The molecule has 1 aliphatic rings. The second kappa shape index (κ2) is 7.21. The molecule has 1 atom stereocenters. The van der Waals surface area contributed by atoms with E-state index in [1.165, 1.54) is 12.1 Å². The molecule has 0 fully saturated rings. The van der Waals surface area contributed by atoms with E-state index in [1.807, 2.05) is 60.0 Å². The Morgan fingerprint density at radius 2 is 1.77 bits per heavy atom. The summed E-state index contributed by atoms with van der Waals surface area (Å²) >= 11 is 0. The first kappa shape index (κ1) is 18.7. The van der Waals surface area contributed by atoms with Crippen LogP contribution in [-0.2, 0) is 0 Å².